The fourth-order valence-electron chi connectivity index (χ4n) is 1.26. The molecule has 0 radical (unpaired) electrons. The van der Waals surface area contributed by atoms with E-state index in [9.17, 15) is 4.39 Å². The van der Waals surface area contributed by atoms with Gasteiger partial charge in [0.2, 0.25) is 0 Å². The Morgan fingerprint density at radius 1 is 1.00 bits per heavy atom. The van der Waals surface area contributed by atoms with E-state index in [0.717, 1.165) is 10.8 Å². The van der Waals surface area contributed by atoms with Crippen molar-refractivity contribution in [1.82, 2.24) is 0 Å². The Hall–Kier alpha value is -0.790. The summed E-state index contributed by atoms with van der Waals surface area (Å²) >= 11 is 11.7. The fraction of sp³-hybridized carbons (Fsp3) is 0. The minimum Gasteiger partial charge on any atom is -0.207 e. The van der Waals surface area contributed by atoms with Crippen LogP contribution in [-0.4, -0.2) is 0 Å². The van der Waals surface area contributed by atoms with Gasteiger partial charge in [-0.2, -0.15) is 0 Å². The van der Waals surface area contributed by atoms with E-state index in [-0.39, 0.29) is 5.82 Å². The number of fused-ring (bicyclic) bond motifs is 1. The van der Waals surface area contributed by atoms with E-state index >= 15 is 0 Å². The van der Waals surface area contributed by atoms with E-state index in [4.69, 9.17) is 23.2 Å². The Morgan fingerprint density at radius 3 is 2.54 bits per heavy atom. The van der Waals surface area contributed by atoms with Crippen LogP contribution in [0.3, 0.4) is 0 Å². The molecule has 0 saturated carbocycles. The Morgan fingerprint density at radius 2 is 1.77 bits per heavy atom. The normalized spacial score (nSPS) is 10.7. The monoisotopic (exact) mass is 214 g/mol. The van der Waals surface area contributed by atoms with Crippen LogP contribution < -0.4 is 0 Å². The topological polar surface area (TPSA) is 0 Å². The summed E-state index contributed by atoms with van der Waals surface area (Å²) in [5.41, 5.74) is 0. The van der Waals surface area contributed by atoms with Crippen molar-refractivity contribution in [3.63, 3.8) is 0 Å². The van der Waals surface area contributed by atoms with E-state index < -0.39 is 0 Å². The maximum Gasteiger partial charge on any atom is 0.123 e. The van der Waals surface area contributed by atoms with Gasteiger partial charge in [-0.05, 0) is 35.7 Å². The molecular formula is C10H5Cl2F. The molecule has 2 aromatic rings. The second-order valence-corrected chi connectivity index (χ2v) is 3.60. The van der Waals surface area contributed by atoms with Crippen LogP contribution in [0.25, 0.3) is 10.8 Å². The van der Waals surface area contributed by atoms with Crippen molar-refractivity contribution < 1.29 is 4.39 Å². The smallest absolute Gasteiger partial charge is 0.123 e. The van der Waals surface area contributed by atoms with E-state index in [2.05, 4.69) is 0 Å². The van der Waals surface area contributed by atoms with Crippen molar-refractivity contribution in [3.05, 3.63) is 46.2 Å². The predicted octanol–water partition coefficient (Wildman–Crippen LogP) is 4.29. The summed E-state index contributed by atoms with van der Waals surface area (Å²) in [7, 11) is 0. The van der Waals surface area contributed by atoms with Crippen LogP contribution in [-0.2, 0) is 0 Å². The van der Waals surface area contributed by atoms with Gasteiger partial charge < -0.3 is 0 Å². The number of hydrogen-bond acceptors (Lipinski definition) is 0. The van der Waals surface area contributed by atoms with Crippen LogP contribution >= 0.6 is 23.2 Å². The summed E-state index contributed by atoms with van der Waals surface area (Å²) in [6.07, 6.45) is 0. The third kappa shape index (κ3) is 1.62. The zero-order valence-electron chi connectivity index (χ0n) is 6.52. The maximum absolute atomic E-state index is 12.8. The van der Waals surface area contributed by atoms with Crippen molar-refractivity contribution >= 4 is 34.0 Å². The lowest BCUT2D eigenvalue weighted by Gasteiger charge is -2.01. The largest absolute Gasteiger partial charge is 0.207 e. The van der Waals surface area contributed by atoms with Gasteiger partial charge in [-0.25, -0.2) is 4.39 Å². The summed E-state index contributed by atoms with van der Waals surface area (Å²) in [6.45, 7) is 0. The van der Waals surface area contributed by atoms with Crippen LogP contribution in [0.1, 0.15) is 0 Å². The first-order valence-corrected chi connectivity index (χ1v) is 4.47. The molecular weight excluding hydrogens is 210 g/mol. The molecule has 0 amide bonds. The van der Waals surface area contributed by atoms with E-state index in [1.807, 2.05) is 0 Å². The highest BCUT2D eigenvalue weighted by Crippen LogP contribution is 2.28. The van der Waals surface area contributed by atoms with Crippen molar-refractivity contribution in [1.29, 1.82) is 0 Å². The average Bonchev–Trinajstić information content (AvgIpc) is 2.02. The molecule has 0 unspecified atom stereocenters. The minimum atomic E-state index is -0.286. The molecule has 0 aliphatic carbocycles. The first-order valence-electron chi connectivity index (χ1n) is 3.71. The van der Waals surface area contributed by atoms with Gasteiger partial charge in [0.25, 0.3) is 0 Å². The molecule has 0 fully saturated rings. The molecule has 2 aromatic carbocycles. The molecule has 0 bridgehead atoms. The molecule has 0 spiro atoms. The molecule has 0 nitrogen and oxygen atoms in total. The molecule has 0 heterocycles. The molecule has 66 valence electrons. The van der Waals surface area contributed by atoms with Gasteiger partial charge in [-0.3, -0.25) is 0 Å². The summed E-state index contributed by atoms with van der Waals surface area (Å²) in [5.74, 6) is -0.286. The third-order valence-electron chi connectivity index (χ3n) is 1.83. The zero-order valence-corrected chi connectivity index (χ0v) is 8.03. The molecule has 0 atom stereocenters. The molecule has 0 aliphatic rings. The van der Waals surface area contributed by atoms with Gasteiger partial charge >= 0.3 is 0 Å². The van der Waals surface area contributed by atoms with Crippen molar-refractivity contribution in [2.24, 2.45) is 0 Å². The van der Waals surface area contributed by atoms with Gasteiger partial charge in [0.15, 0.2) is 0 Å². The highest BCUT2D eigenvalue weighted by atomic mass is 35.5. The molecule has 3 heteroatoms. The Bertz CT molecular complexity index is 460. The van der Waals surface area contributed by atoms with Gasteiger partial charge in [0.1, 0.15) is 5.82 Å². The van der Waals surface area contributed by atoms with Gasteiger partial charge in [0, 0.05) is 15.4 Å². The van der Waals surface area contributed by atoms with Crippen molar-refractivity contribution in [2.75, 3.05) is 0 Å². The summed E-state index contributed by atoms with van der Waals surface area (Å²) in [6, 6.07) is 7.76. The average molecular weight is 215 g/mol. The molecule has 0 aliphatic heterocycles. The second-order valence-electron chi connectivity index (χ2n) is 2.75. The first kappa shape index (κ1) is 8.79. The molecule has 0 N–H and O–H groups in total. The Labute approximate surface area is 84.9 Å². The standard InChI is InChI=1S/C10H5Cl2F/c11-7-3-6-4-8(13)1-2-9(6)10(12)5-7/h1-5H. The second kappa shape index (κ2) is 3.17. The summed E-state index contributed by atoms with van der Waals surface area (Å²) in [5, 5.41) is 2.59. The SMILES string of the molecule is Fc1ccc2c(Cl)cc(Cl)cc2c1. The quantitative estimate of drug-likeness (QED) is 0.614. The van der Waals surface area contributed by atoms with Gasteiger partial charge in [-0.1, -0.05) is 23.2 Å². The van der Waals surface area contributed by atoms with E-state index in [1.165, 1.54) is 12.1 Å². The lowest BCUT2D eigenvalue weighted by Crippen LogP contribution is -1.77. The molecule has 2 rings (SSSR count). The van der Waals surface area contributed by atoms with Crippen LogP contribution in [0.2, 0.25) is 10.0 Å². The summed E-state index contributed by atoms with van der Waals surface area (Å²) < 4.78 is 12.8. The van der Waals surface area contributed by atoms with Gasteiger partial charge in [-0.15, -0.1) is 0 Å². The van der Waals surface area contributed by atoms with Crippen molar-refractivity contribution in [3.8, 4) is 0 Å². The zero-order chi connectivity index (χ0) is 9.42. The van der Waals surface area contributed by atoms with E-state index in [1.54, 1.807) is 18.2 Å². The summed E-state index contributed by atoms with van der Waals surface area (Å²) in [4.78, 5) is 0. The van der Waals surface area contributed by atoms with Crippen LogP contribution in [0.4, 0.5) is 4.39 Å². The molecule has 13 heavy (non-hydrogen) atoms. The highest BCUT2D eigenvalue weighted by Gasteiger charge is 2.01. The predicted molar refractivity (Wildman–Crippen MR) is 53.9 cm³/mol. The number of benzene rings is 2. The van der Waals surface area contributed by atoms with Crippen molar-refractivity contribution in [2.45, 2.75) is 0 Å². The van der Waals surface area contributed by atoms with Gasteiger partial charge in [0.05, 0.1) is 0 Å². The number of rotatable bonds is 0. The Balaban J connectivity index is 2.86. The number of halogens is 3. The fourth-order valence-corrected chi connectivity index (χ4v) is 1.83. The highest BCUT2D eigenvalue weighted by molar-refractivity contribution is 6.38. The molecule has 0 saturated heterocycles. The van der Waals surface area contributed by atoms with Crippen LogP contribution in [0, 0.1) is 5.82 Å². The minimum absolute atomic E-state index is 0.286. The Kier molecular flexibility index (Phi) is 2.14. The van der Waals surface area contributed by atoms with Crippen LogP contribution in [0.15, 0.2) is 30.3 Å². The van der Waals surface area contributed by atoms with Crippen LogP contribution in [0.5, 0.6) is 0 Å². The lowest BCUT2D eigenvalue weighted by molar-refractivity contribution is 0.630. The maximum atomic E-state index is 12.8. The van der Waals surface area contributed by atoms with E-state index in [0.29, 0.717) is 10.0 Å². The molecule has 0 aromatic heterocycles. The number of hydrogen-bond donors (Lipinski definition) is 0. The first-order chi connectivity index (χ1) is 6.16. The lowest BCUT2D eigenvalue weighted by atomic mass is 10.1. The third-order valence-corrected chi connectivity index (χ3v) is 2.36.